The summed E-state index contributed by atoms with van der Waals surface area (Å²) in [6.07, 6.45) is 2.25. The van der Waals surface area contributed by atoms with Gasteiger partial charge in [0.05, 0.1) is 0 Å². The molecule has 0 atom stereocenters. The minimum atomic E-state index is -0.761. The summed E-state index contributed by atoms with van der Waals surface area (Å²) in [6.45, 7) is 5.68. The number of rotatable bonds is 5. The van der Waals surface area contributed by atoms with E-state index < -0.39 is 5.97 Å². The van der Waals surface area contributed by atoms with Crippen molar-refractivity contribution in [3.63, 3.8) is 0 Å². The van der Waals surface area contributed by atoms with Crippen LogP contribution in [0.15, 0.2) is 0 Å². The average Bonchev–Trinajstić information content (AvgIpc) is 2.33. The number of likely N-dealkylation sites (tertiary alicyclic amines) is 1. The van der Waals surface area contributed by atoms with Crippen molar-refractivity contribution >= 4 is 11.9 Å². The molecule has 15 heavy (non-hydrogen) atoms. The highest BCUT2D eigenvalue weighted by Gasteiger charge is 2.34. The molecule has 1 aliphatic rings. The summed E-state index contributed by atoms with van der Waals surface area (Å²) in [7, 11) is 0. The van der Waals surface area contributed by atoms with Crippen LogP contribution in [0, 0.1) is 5.41 Å². The van der Waals surface area contributed by atoms with E-state index in [4.69, 9.17) is 5.11 Å². The third kappa shape index (κ3) is 3.90. The van der Waals surface area contributed by atoms with Crippen molar-refractivity contribution in [1.82, 2.24) is 4.90 Å². The third-order valence-electron chi connectivity index (χ3n) is 2.67. The van der Waals surface area contributed by atoms with E-state index >= 15 is 0 Å². The van der Waals surface area contributed by atoms with E-state index in [0.29, 0.717) is 19.4 Å². The molecule has 4 nitrogen and oxygen atoms in total. The van der Waals surface area contributed by atoms with Gasteiger partial charge in [-0.1, -0.05) is 13.8 Å². The van der Waals surface area contributed by atoms with Crippen LogP contribution in [-0.2, 0) is 9.59 Å². The molecule has 1 amide bonds. The molecule has 0 radical (unpaired) electrons. The highest BCUT2D eigenvalue weighted by atomic mass is 16.4. The van der Waals surface area contributed by atoms with E-state index in [1.807, 2.05) is 4.90 Å². The summed E-state index contributed by atoms with van der Waals surface area (Å²) in [5.41, 5.74) is 0.0872. The molecule has 1 N–H and O–H groups in total. The van der Waals surface area contributed by atoms with Gasteiger partial charge >= 0.3 is 5.97 Å². The van der Waals surface area contributed by atoms with Crippen molar-refractivity contribution in [2.24, 2.45) is 5.41 Å². The zero-order chi connectivity index (χ0) is 11.5. The molecule has 1 aliphatic heterocycles. The van der Waals surface area contributed by atoms with Crippen molar-refractivity contribution < 1.29 is 14.7 Å². The largest absolute Gasteiger partial charge is 0.481 e. The smallest absolute Gasteiger partial charge is 0.303 e. The summed E-state index contributed by atoms with van der Waals surface area (Å²) in [5.74, 6) is -0.557. The Morgan fingerprint density at radius 1 is 1.47 bits per heavy atom. The monoisotopic (exact) mass is 213 g/mol. The second-order valence-corrected chi connectivity index (χ2v) is 5.01. The summed E-state index contributed by atoms with van der Waals surface area (Å²) < 4.78 is 0. The van der Waals surface area contributed by atoms with Crippen LogP contribution in [0.5, 0.6) is 0 Å². The van der Waals surface area contributed by atoms with Gasteiger partial charge in [-0.05, 0) is 18.3 Å². The number of amides is 1. The van der Waals surface area contributed by atoms with Crippen LogP contribution in [0.25, 0.3) is 0 Å². The highest BCUT2D eigenvalue weighted by Crippen LogP contribution is 2.29. The van der Waals surface area contributed by atoms with Crippen LogP contribution in [0.1, 0.15) is 39.5 Å². The van der Waals surface area contributed by atoms with Crippen LogP contribution < -0.4 is 0 Å². The number of carboxylic acids is 1. The molecule has 86 valence electrons. The van der Waals surface area contributed by atoms with E-state index in [1.54, 1.807) is 0 Å². The zero-order valence-electron chi connectivity index (χ0n) is 9.45. The lowest BCUT2D eigenvalue weighted by Gasteiger charge is -2.19. The zero-order valence-corrected chi connectivity index (χ0v) is 9.45. The minimum Gasteiger partial charge on any atom is -0.481 e. The number of hydrogen-bond donors (Lipinski definition) is 1. The number of carbonyl (C=O) groups excluding carboxylic acids is 1. The van der Waals surface area contributed by atoms with Crippen molar-refractivity contribution in [1.29, 1.82) is 0 Å². The lowest BCUT2D eigenvalue weighted by molar-refractivity contribution is -0.137. The van der Waals surface area contributed by atoms with E-state index in [1.165, 1.54) is 0 Å². The van der Waals surface area contributed by atoms with Gasteiger partial charge in [-0.25, -0.2) is 0 Å². The maximum atomic E-state index is 11.5. The standard InChI is InChI=1S/C11H19NO3/c1-11(2)7-9(13)12(8-11)6-4-3-5-10(14)15/h3-8H2,1-2H3,(H,14,15). The second-order valence-electron chi connectivity index (χ2n) is 5.01. The predicted octanol–water partition coefficient (Wildman–Crippen LogP) is 1.50. The van der Waals surface area contributed by atoms with Crippen molar-refractivity contribution in [2.45, 2.75) is 39.5 Å². The topological polar surface area (TPSA) is 57.6 Å². The SMILES string of the molecule is CC1(C)CC(=O)N(CCCCC(=O)O)C1. The molecule has 1 saturated heterocycles. The van der Waals surface area contributed by atoms with Crippen LogP contribution >= 0.6 is 0 Å². The Bertz CT molecular complexity index is 261. The first-order valence-electron chi connectivity index (χ1n) is 5.40. The van der Waals surface area contributed by atoms with Gasteiger partial charge in [-0.3, -0.25) is 9.59 Å². The molecular weight excluding hydrogens is 194 g/mol. The molecule has 1 rings (SSSR count). The normalized spacial score (nSPS) is 19.6. The molecule has 0 aromatic carbocycles. The number of carbonyl (C=O) groups is 2. The van der Waals surface area contributed by atoms with Crippen LogP contribution in [0.3, 0.4) is 0 Å². The number of unbranched alkanes of at least 4 members (excludes halogenated alkanes) is 1. The quantitative estimate of drug-likeness (QED) is 0.704. The first-order valence-corrected chi connectivity index (χ1v) is 5.40. The van der Waals surface area contributed by atoms with Gasteiger partial charge in [-0.15, -0.1) is 0 Å². The molecule has 0 unspecified atom stereocenters. The highest BCUT2D eigenvalue weighted by molar-refractivity contribution is 5.79. The van der Waals surface area contributed by atoms with E-state index in [2.05, 4.69) is 13.8 Å². The van der Waals surface area contributed by atoms with Crippen LogP contribution in [-0.4, -0.2) is 35.0 Å². The molecule has 0 aromatic heterocycles. The Labute approximate surface area is 90.3 Å². The Kier molecular flexibility index (Phi) is 3.72. The molecule has 0 saturated carbocycles. The fraction of sp³-hybridized carbons (Fsp3) is 0.818. The van der Waals surface area contributed by atoms with Gasteiger partial charge < -0.3 is 10.0 Å². The van der Waals surface area contributed by atoms with Crippen molar-refractivity contribution in [3.05, 3.63) is 0 Å². The lowest BCUT2D eigenvalue weighted by atomic mass is 9.93. The summed E-state index contributed by atoms with van der Waals surface area (Å²) >= 11 is 0. The van der Waals surface area contributed by atoms with Gasteiger partial charge in [0.15, 0.2) is 0 Å². The maximum absolute atomic E-state index is 11.5. The van der Waals surface area contributed by atoms with Gasteiger partial charge in [0, 0.05) is 25.9 Å². The Balaban J connectivity index is 2.22. The molecule has 0 aromatic rings. The lowest BCUT2D eigenvalue weighted by Crippen LogP contribution is -2.27. The third-order valence-corrected chi connectivity index (χ3v) is 2.67. The van der Waals surface area contributed by atoms with Gasteiger partial charge in [-0.2, -0.15) is 0 Å². The molecule has 0 spiro atoms. The van der Waals surface area contributed by atoms with Crippen LogP contribution in [0.4, 0.5) is 0 Å². The van der Waals surface area contributed by atoms with Gasteiger partial charge in [0.2, 0.25) is 5.91 Å². The van der Waals surface area contributed by atoms with E-state index in [9.17, 15) is 9.59 Å². The number of aliphatic carboxylic acids is 1. The minimum absolute atomic E-state index is 0.0872. The molecule has 0 bridgehead atoms. The molecule has 0 aliphatic carbocycles. The number of carboxylic acid groups (broad SMARTS) is 1. The van der Waals surface area contributed by atoms with E-state index in [-0.39, 0.29) is 17.7 Å². The van der Waals surface area contributed by atoms with Gasteiger partial charge in [0.25, 0.3) is 0 Å². The summed E-state index contributed by atoms with van der Waals surface area (Å²) in [6, 6.07) is 0. The van der Waals surface area contributed by atoms with Gasteiger partial charge in [0.1, 0.15) is 0 Å². The molecular formula is C11H19NO3. The fourth-order valence-corrected chi connectivity index (χ4v) is 1.96. The second kappa shape index (κ2) is 4.64. The van der Waals surface area contributed by atoms with Crippen molar-refractivity contribution in [3.8, 4) is 0 Å². The first-order chi connectivity index (χ1) is 6.91. The number of nitrogens with zero attached hydrogens (tertiary/aromatic N) is 1. The van der Waals surface area contributed by atoms with Crippen LogP contribution in [0.2, 0.25) is 0 Å². The Hall–Kier alpha value is -1.06. The van der Waals surface area contributed by atoms with Crippen molar-refractivity contribution in [2.75, 3.05) is 13.1 Å². The Morgan fingerprint density at radius 3 is 2.60 bits per heavy atom. The average molecular weight is 213 g/mol. The first kappa shape index (κ1) is 12.0. The molecule has 1 heterocycles. The molecule has 4 heteroatoms. The van der Waals surface area contributed by atoms with E-state index in [0.717, 1.165) is 13.0 Å². The Morgan fingerprint density at radius 2 is 2.13 bits per heavy atom. The molecule has 1 fully saturated rings. The maximum Gasteiger partial charge on any atom is 0.303 e. The summed E-state index contributed by atoms with van der Waals surface area (Å²) in [4.78, 5) is 23.7. The predicted molar refractivity (Wildman–Crippen MR) is 56.5 cm³/mol. The number of hydrogen-bond acceptors (Lipinski definition) is 2. The fourth-order valence-electron chi connectivity index (χ4n) is 1.96. The summed E-state index contributed by atoms with van der Waals surface area (Å²) in [5, 5.41) is 8.46.